The molecule has 27 heteroatoms. The number of hydrogen-bond acceptors (Lipinski definition) is 21. The number of methoxy groups -OCH3 is 1. The van der Waals surface area contributed by atoms with Crippen LogP contribution in [0.1, 0.15) is 87.3 Å². The number of nitrogens with one attached hydrogen (secondary N) is 6. The number of rotatable bonds is 16. The molecule has 0 unspecified atom stereocenters. The van der Waals surface area contributed by atoms with Gasteiger partial charge in [0.1, 0.15) is 66.3 Å². The summed E-state index contributed by atoms with van der Waals surface area (Å²) >= 11 is 0. The maximum absolute atomic E-state index is 14.8. The molecule has 2 aromatic rings. The van der Waals surface area contributed by atoms with Gasteiger partial charge in [-0.05, 0) is 112 Å². The van der Waals surface area contributed by atoms with E-state index in [1.165, 1.54) is 62.5 Å². The number of fused-ring (bicyclic) bond motifs is 2. The van der Waals surface area contributed by atoms with E-state index in [0.29, 0.717) is 113 Å². The zero-order valence-electron chi connectivity index (χ0n) is 52.7. The lowest BCUT2D eigenvalue weighted by molar-refractivity contribution is -0.146. The topological polar surface area (TPSA) is 321 Å². The van der Waals surface area contributed by atoms with Crippen LogP contribution in [0.5, 0.6) is 23.0 Å². The van der Waals surface area contributed by atoms with Crippen LogP contribution in [0.3, 0.4) is 0 Å². The van der Waals surface area contributed by atoms with Gasteiger partial charge in [0.05, 0.1) is 113 Å². The second-order valence-corrected chi connectivity index (χ2v) is 23.1. The van der Waals surface area contributed by atoms with Crippen molar-refractivity contribution in [3.05, 3.63) is 47.5 Å². The molecule has 0 spiro atoms. The van der Waals surface area contributed by atoms with Gasteiger partial charge in [-0.15, -0.1) is 0 Å². The highest BCUT2D eigenvalue weighted by Gasteiger charge is 2.44. The number of carbonyl (C=O) groups is 7. The van der Waals surface area contributed by atoms with Crippen molar-refractivity contribution in [1.29, 1.82) is 0 Å². The Morgan fingerprint density at radius 1 is 0.414 bits per heavy atom. The van der Waals surface area contributed by atoms with Crippen molar-refractivity contribution in [3.8, 4) is 23.0 Å². The third kappa shape index (κ3) is 26.3. The predicted molar refractivity (Wildman–Crippen MR) is 315 cm³/mol. The van der Waals surface area contributed by atoms with E-state index in [2.05, 4.69) is 31.9 Å². The number of benzene rings is 2. The summed E-state index contributed by atoms with van der Waals surface area (Å²) in [6.45, 7) is 22.3. The SMILES string of the molecule is COC(=O)[C@H](C)NC(=O)[C@](C)(Cc1ccc2c(c1)OCCOCCOCCOCCOCCO2)NC(=O)C(C)(C)NC(=O)[C@H](C)NC(=O)[C@](C)(Cc1ccc2c(c1)OCCOCCOCCOCCOCCO2)NC(=O)C(C)(C)NC(=O)OC(C)(C)C. The quantitative estimate of drug-likeness (QED) is 0.131. The van der Waals surface area contributed by atoms with E-state index in [0.717, 1.165) is 0 Å². The maximum atomic E-state index is 14.8. The van der Waals surface area contributed by atoms with Crippen LogP contribution in [0.2, 0.25) is 0 Å². The van der Waals surface area contributed by atoms with Crippen LogP contribution in [0, 0.1) is 0 Å². The van der Waals surface area contributed by atoms with Crippen molar-refractivity contribution < 1.29 is 99.9 Å². The summed E-state index contributed by atoms with van der Waals surface area (Å²) < 4.78 is 79.4. The van der Waals surface area contributed by atoms with Gasteiger partial charge in [-0.3, -0.25) is 24.0 Å². The molecule has 0 bridgehead atoms. The van der Waals surface area contributed by atoms with E-state index in [1.54, 1.807) is 57.2 Å². The zero-order valence-corrected chi connectivity index (χ0v) is 52.7. The minimum atomic E-state index is -1.86. The molecule has 0 aliphatic carbocycles. The molecular weight excluding hydrogens is 1140 g/mol. The van der Waals surface area contributed by atoms with Crippen LogP contribution in [-0.2, 0) is 89.0 Å². The summed E-state index contributed by atoms with van der Waals surface area (Å²) in [4.78, 5) is 97.7. The third-order valence-electron chi connectivity index (χ3n) is 13.1. The van der Waals surface area contributed by atoms with Crippen LogP contribution in [0.4, 0.5) is 4.79 Å². The summed E-state index contributed by atoms with van der Waals surface area (Å²) in [5.41, 5.74) is -7.01. The number of hydrogen-bond donors (Lipinski definition) is 6. The molecule has 2 heterocycles. The Morgan fingerprint density at radius 2 is 0.724 bits per heavy atom. The molecule has 2 aliphatic rings. The van der Waals surface area contributed by atoms with E-state index >= 15 is 0 Å². The first-order valence-corrected chi connectivity index (χ1v) is 29.2. The number of ether oxygens (including phenoxy) is 14. The van der Waals surface area contributed by atoms with Crippen molar-refractivity contribution in [1.82, 2.24) is 31.9 Å². The summed E-state index contributed by atoms with van der Waals surface area (Å²) in [6, 6.07) is 7.49. The van der Waals surface area contributed by atoms with Gasteiger partial charge in [0.15, 0.2) is 23.0 Å². The van der Waals surface area contributed by atoms with Gasteiger partial charge in [-0.1, -0.05) is 12.1 Å². The minimum absolute atomic E-state index is 0.113. The molecular formula is C60H94N6O21. The molecule has 0 fully saturated rings. The van der Waals surface area contributed by atoms with Crippen molar-refractivity contribution in [2.45, 2.75) is 129 Å². The van der Waals surface area contributed by atoms with Crippen molar-refractivity contribution in [3.63, 3.8) is 0 Å². The Bertz CT molecular complexity index is 2530. The first-order valence-electron chi connectivity index (χ1n) is 29.2. The Hall–Kier alpha value is -6.59. The predicted octanol–water partition coefficient (Wildman–Crippen LogP) is 2.28. The van der Waals surface area contributed by atoms with E-state index in [1.807, 2.05) is 0 Å². The average molecular weight is 1240 g/mol. The lowest BCUT2D eigenvalue weighted by Gasteiger charge is -2.36. The Morgan fingerprint density at radius 3 is 1.06 bits per heavy atom. The average Bonchev–Trinajstić information content (AvgIpc) is 1.45. The molecule has 0 aromatic heterocycles. The summed E-state index contributed by atoms with van der Waals surface area (Å²) in [5.74, 6) is -3.44. The molecule has 4 rings (SSSR count). The molecule has 0 saturated heterocycles. The van der Waals surface area contributed by atoms with E-state index in [9.17, 15) is 33.6 Å². The summed E-state index contributed by atoms with van der Waals surface area (Å²) in [7, 11) is 1.17. The first kappa shape index (κ1) is 72.9. The van der Waals surface area contributed by atoms with Crippen LogP contribution >= 0.6 is 0 Å². The monoisotopic (exact) mass is 1230 g/mol. The van der Waals surface area contributed by atoms with Crippen molar-refractivity contribution >= 4 is 41.6 Å². The molecule has 6 amide bonds. The lowest BCUT2D eigenvalue weighted by atomic mass is 9.89. The summed E-state index contributed by atoms with van der Waals surface area (Å²) in [6.07, 6.45) is -1.25. The van der Waals surface area contributed by atoms with Crippen LogP contribution in [0.15, 0.2) is 36.4 Å². The van der Waals surface area contributed by atoms with Gasteiger partial charge >= 0.3 is 12.1 Å². The van der Waals surface area contributed by atoms with E-state index in [4.69, 9.17) is 66.3 Å². The minimum Gasteiger partial charge on any atom is -0.487 e. The highest BCUT2D eigenvalue weighted by molar-refractivity contribution is 6.00. The second kappa shape index (κ2) is 36.0. The highest BCUT2D eigenvalue weighted by Crippen LogP contribution is 2.32. The van der Waals surface area contributed by atoms with Crippen molar-refractivity contribution in [2.24, 2.45) is 0 Å². The van der Waals surface area contributed by atoms with Crippen molar-refractivity contribution in [2.75, 3.05) is 139 Å². The van der Waals surface area contributed by atoms with Crippen LogP contribution < -0.4 is 50.8 Å². The maximum Gasteiger partial charge on any atom is 0.408 e. The normalized spacial score (nSPS) is 18.4. The molecule has 87 heavy (non-hydrogen) atoms. The highest BCUT2D eigenvalue weighted by atomic mass is 16.6. The number of amides is 6. The Kier molecular flexibility index (Phi) is 30.2. The molecule has 4 atom stereocenters. The van der Waals surface area contributed by atoms with Gasteiger partial charge in [0.2, 0.25) is 29.5 Å². The van der Waals surface area contributed by atoms with Crippen LogP contribution in [0.25, 0.3) is 0 Å². The summed E-state index contributed by atoms with van der Waals surface area (Å²) in [5, 5.41) is 16.2. The Labute approximate surface area is 510 Å². The number of carbonyl (C=O) groups excluding carboxylic acids is 7. The number of alkyl carbamates (subject to hydrolysis) is 1. The number of esters is 1. The molecule has 0 radical (unpaired) electrons. The van der Waals surface area contributed by atoms with Gasteiger partial charge < -0.3 is 98.2 Å². The van der Waals surface area contributed by atoms with E-state index in [-0.39, 0.29) is 65.7 Å². The van der Waals surface area contributed by atoms with Gasteiger partial charge in [-0.25, -0.2) is 9.59 Å². The molecule has 490 valence electrons. The first-order chi connectivity index (χ1) is 41.2. The zero-order chi connectivity index (χ0) is 64.1. The molecule has 6 N–H and O–H groups in total. The largest absolute Gasteiger partial charge is 0.487 e. The second-order valence-electron chi connectivity index (χ2n) is 23.1. The molecule has 2 aromatic carbocycles. The lowest BCUT2D eigenvalue weighted by Crippen LogP contribution is -2.67. The van der Waals surface area contributed by atoms with Gasteiger partial charge in [0.25, 0.3) is 0 Å². The van der Waals surface area contributed by atoms with Gasteiger partial charge in [-0.2, -0.15) is 0 Å². The van der Waals surface area contributed by atoms with E-state index < -0.39 is 81.4 Å². The fourth-order valence-corrected chi connectivity index (χ4v) is 8.25. The Balaban J connectivity index is 1.60. The fourth-order valence-electron chi connectivity index (χ4n) is 8.25. The smallest absolute Gasteiger partial charge is 0.408 e. The molecule has 27 nitrogen and oxygen atoms in total. The fraction of sp³-hybridized carbons (Fsp3) is 0.683. The third-order valence-corrected chi connectivity index (χ3v) is 13.1. The standard InChI is InChI=1S/C60H94N6O21/c1-41(61-53(71)59(10,65-52(70)58(8,9)66-55(73)87-56(3,4)5)39-43-13-15-45-47(37-43)85-35-31-81-27-23-77-19-17-75-21-25-79-29-33-83-45)49(67)63-57(6,7)51(69)64-60(11,54(72)62-42(2)50(68)74-12)40-44-14-16-46-48(38-44)86-36-32-82-28-24-78-20-18-76-22-26-80-30-34-84-46/h13-16,37-38,41-42H,17-36,39-40H2,1-12H3,(H,61,71)(H,62,72)(H,63,67)(H,64,69)(H,65,70)(H,66,73)/t41-,42-,59-,60-/m0/s1. The molecule has 0 saturated carbocycles. The molecule has 2 aliphatic heterocycles. The van der Waals surface area contributed by atoms with Crippen LogP contribution in [-0.4, -0.2) is 221 Å². The van der Waals surface area contributed by atoms with Gasteiger partial charge in [0, 0.05) is 12.8 Å².